The molecule has 0 spiro atoms. The minimum absolute atomic E-state index is 0.267. The van der Waals surface area contributed by atoms with Crippen molar-refractivity contribution >= 4 is 12.0 Å². The number of nitrogens with one attached hydrogen (secondary N) is 2. The molecule has 1 rings (SSSR count). The normalized spacial score (nSPS) is 11.9. The molecule has 0 radical (unpaired) electrons. The van der Waals surface area contributed by atoms with Gasteiger partial charge in [0.05, 0.1) is 12.2 Å². The average Bonchev–Trinajstić information content (AvgIpc) is 2.68. The van der Waals surface area contributed by atoms with Crippen LogP contribution in [-0.2, 0) is 18.4 Å². The van der Waals surface area contributed by atoms with Crippen molar-refractivity contribution in [1.82, 2.24) is 20.4 Å². The van der Waals surface area contributed by atoms with Gasteiger partial charge in [0.25, 0.3) is 0 Å². The van der Waals surface area contributed by atoms with E-state index in [9.17, 15) is 9.59 Å². The van der Waals surface area contributed by atoms with Crippen molar-refractivity contribution in [3.05, 3.63) is 18.0 Å². The van der Waals surface area contributed by atoms with Crippen LogP contribution in [0.1, 0.15) is 19.0 Å². The van der Waals surface area contributed by atoms with E-state index in [0.29, 0.717) is 12.1 Å². The van der Waals surface area contributed by atoms with Gasteiger partial charge in [-0.3, -0.25) is 4.68 Å². The second-order valence-electron chi connectivity index (χ2n) is 3.61. The highest BCUT2D eigenvalue weighted by Crippen LogP contribution is 1.94. The Morgan fingerprint density at radius 2 is 2.29 bits per heavy atom. The Labute approximate surface area is 98.8 Å². The van der Waals surface area contributed by atoms with E-state index in [1.807, 2.05) is 0 Å². The van der Waals surface area contributed by atoms with Crippen LogP contribution in [-0.4, -0.2) is 32.9 Å². The fourth-order valence-corrected chi connectivity index (χ4v) is 1.28. The van der Waals surface area contributed by atoms with E-state index < -0.39 is 18.0 Å². The maximum Gasteiger partial charge on any atom is 0.326 e. The van der Waals surface area contributed by atoms with E-state index in [0.717, 1.165) is 0 Å². The van der Waals surface area contributed by atoms with Gasteiger partial charge in [0.1, 0.15) is 6.04 Å². The lowest BCUT2D eigenvalue weighted by Gasteiger charge is -2.12. The Balaban J connectivity index is 2.37. The molecule has 0 aromatic carbocycles. The first-order chi connectivity index (χ1) is 8.02. The largest absolute Gasteiger partial charge is 0.480 e. The molecule has 0 unspecified atom stereocenters. The second kappa shape index (κ2) is 5.88. The molecule has 1 aromatic heterocycles. The molecule has 2 amide bonds. The summed E-state index contributed by atoms with van der Waals surface area (Å²) in [6.45, 7) is 1.96. The lowest BCUT2D eigenvalue weighted by Crippen LogP contribution is -2.45. The van der Waals surface area contributed by atoms with Gasteiger partial charge in [0.2, 0.25) is 0 Å². The van der Waals surface area contributed by atoms with Gasteiger partial charge in [0.15, 0.2) is 0 Å². The highest BCUT2D eigenvalue weighted by molar-refractivity contribution is 5.82. The topological polar surface area (TPSA) is 96.3 Å². The van der Waals surface area contributed by atoms with Crippen LogP contribution in [0.15, 0.2) is 12.3 Å². The SMILES string of the molecule is CC[C@H](NC(=O)NCc1ccn(C)n1)C(=O)O. The summed E-state index contributed by atoms with van der Waals surface area (Å²) in [6.07, 6.45) is 2.10. The molecule has 94 valence electrons. The summed E-state index contributed by atoms with van der Waals surface area (Å²) in [5, 5.41) is 17.7. The fraction of sp³-hybridized carbons (Fsp3) is 0.500. The number of hydrogen-bond acceptors (Lipinski definition) is 3. The minimum Gasteiger partial charge on any atom is -0.480 e. The molecule has 0 saturated heterocycles. The summed E-state index contributed by atoms with van der Waals surface area (Å²) in [4.78, 5) is 22.1. The van der Waals surface area contributed by atoms with Gasteiger partial charge in [-0.25, -0.2) is 9.59 Å². The fourth-order valence-electron chi connectivity index (χ4n) is 1.28. The number of carboxylic acid groups (broad SMARTS) is 1. The number of carbonyl (C=O) groups excluding carboxylic acids is 1. The van der Waals surface area contributed by atoms with E-state index >= 15 is 0 Å². The number of nitrogens with zero attached hydrogens (tertiary/aromatic N) is 2. The molecule has 7 nitrogen and oxygen atoms in total. The molecule has 0 aliphatic rings. The Hall–Kier alpha value is -2.05. The average molecular weight is 240 g/mol. The first-order valence-corrected chi connectivity index (χ1v) is 5.28. The Morgan fingerprint density at radius 3 is 2.76 bits per heavy atom. The van der Waals surface area contributed by atoms with Crippen LogP contribution in [0.2, 0.25) is 0 Å². The Bertz CT molecular complexity index is 402. The summed E-state index contributed by atoms with van der Waals surface area (Å²) in [5.41, 5.74) is 0.714. The van der Waals surface area contributed by atoms with Crippen molar-refractivity contribution in [1.29, 1.82) is 0 Å². The molecule has 1 aromatic rings. The van der Waals surface area contributed by atoms with Gasteiger partial charge >= 0.3 is 12.0 Å². The molecule has 0 aliphatic heterocycles. The number of urea groups is 1. The van der Waals surface area contributed by atoms with Crippen molar-refractivity contribution < 1.29 is 14.7 Å². The van der Waals surface area contributed by atoms with Crippen molar-refractivity contribution in [2.45, 2.75) is 25.9 Å². The van der Waals surface area contributed by atoms with E-state index in [1.165, 1.54) is 0 Å². The predicted molar refractivity (Wildman–Crippen MR) is 60.3 cm³/mol. The number of carbonyl (C=O) groups is 2. The third-order valence-electron chi connectivity index (χ3n) is 2.21. The molecule has 1 atom stereocenters. The van der Waals surface area contributed by atoms with Crippen molar-refractivity contribution in [2.24, 2.45) is 7.05 Å². The molecule has 0 aliphatic carbocycles. The molecule has 3 N–H and O–H groups in total. The number of amides is 2. The van der Waals surface area contributed by atoms with Crippen LogP contribution in [0.3, 0.4) is 0 Å². The molecular formula is C10H16N4O3. The lowest BCUT2D eigenvalue weighted by atomic mass is 10.2. The van der Waals surface area contributed by atoms with Gasteiger partial charge in [0, 0.05) is 13.2 Å². The van der Waals surface area contributed by atoms with Crippen LogP contribution in [0.25, 0.3) is 0 Å². The molecule has 17 heavy (non-hydrogen) atoms. The number of hydrogen-bond donors (Lipinski definition) is 3. The smallest absolute Gasteiger partial charge is 0.326 e. The van der Waals surface area contributed by atoms with Gasteiger partial charge in [-0.1, -0.05) is 6.92 Å². The molecule has 0 bridgehead atoms. The highest BCUT2D eigenvalue weighted by Gasteiger charge is 2.17. The maximum atomic E-state index is 11.4. The first kappa shape index (κ1) is 13.0. The number of aryl methyl sites for hydroxylation is 1. The first-order valence-electron chi connectivity index (χ1n) is 5.28. The number of aromatic nitrogens is 2. The zero-order valence-electron chi connectivity index (χ0n) is 9.80. The summed E-state index contributed by atoms with van der Waals surface area (Å²) in [5.74, 6) is -1.04. The Kier molecular flexibility index (Phi) is 4.50. The second-order valence-corrected chi connectivity index (χ2v) is 3.61. The summed E-state index contributed by atoms with van der Waals surface area (Å²) in [6, 6.07) is 0.401. The zero-order valence-corrected chi connectivity index (χ0v) is 9.80. The number of rotatable bonds is 5. The summed E-state index contributed by atoms with van der Waals surface area (Å²) in [7, 11) is 1.78. The van der Waals surface area contributed by atoms with Gasteiger partial charge in [-0.05, 0) is 12.5 Å². The monoisotopic (exact) mass is 240 g/mol. The number of carboxylic acids is 1. The quantitative estimate of drug-likeness (QED) is 0.679. The van der Waals surface area contributed by atoms with Gasteiger partial charge < -0.3 is 15.7 Å². The van der Waals surface area contributed by atoms with Gasteiger partial charge in [-0.2, -0.15) is 5.10 Å². The van der Waals surface area contributed by atoms with E-state index in [-0.39, 0.29) is 6.54 Å². The summed E-state index contributed by atoms with van der Waals surface area (Å²) >= 11 is 0. The van der Waals surface area contributed by atoms with E-state index in [2.05, 4.69) is 15.7 Å². The molecule has 0 fully saturated rings. The zero-order chi connectivity index (χ0) is 12.8. The molecular weight excluding hydrogens is 224 g/mol. The van der Waals surface area contributed by atoms with Crippen LogP contribution >= 0.6 is 0 Å². The lowest BCUT2D eigenvalue weighted by molar-refractivity contribution is -0.139. The van der Waals surface area contributed by atoms with Crippen LogP contribution in [0.5, 0.6) is 0 Å². The van der Waals surface area contributed by atoms with E-state index in [1.54, 1.807) is 30.9 Å². The number of aliphatic carboxylic acids is 1. The van der Waals surface area contributed by atoms with E-state index in [4.69, 9.17) is 5.11 Å². The minimum atomic E-state index is -1.04. The molecule has 0 saturated carbocycles. The maximum absolute atomic E-state index is 11.4. The third kappa shape index (κ3) is 4.13. The summed E-state index contributed by atoms with van der Waals surface area (Å²) < 4.78 is 1.63. The third-order valence-corrected chi connectivity index (χ3v) is 2.21. The van der Waals surface area contributed by atoms with Crippen LogP contribution in [0.4, 0.5) is 4.79 Å². The standard InChI is InChI=1S/C10H16N4O3/c1-3-8(9(15)16)12-10(17)11-6-7-4-5-14(2)13-7/h4-5,8H,3,6H2,1-2H3,(H,15,16)(H2,11,12,17)/t8-/m0/s1. The van der Waals surface area contributed by atoms with Crippen LogP contribution < -0.4 is 10.6 Å². The van der Waals surface area contributed by atoms with Crippen LogP contribution in [0, 0.1) is 0 Å². The molecule has 1 heterocycles. The molecule has 7 heteroatoms. The van der Waals surface area contributed by atoms with Crippen molar-refractivity contribution in [3.63, 3.8) is 0 Å². The van der Waals surface area contributed by atoms with Crippen molar-refractivity contribution in [2.75, 3.05) is 0 Å². The Morgan fingerprint density at radius 1 is 1.59 bits per heavy atom. The van der Waals surface area contributed by atoms with Crippen molar-refractivity contribution in [3.8, 4) is 0 Å². The predicted octanol–water partition coefficient (Wildman–Crippen LogP) is 0.0825. The highest BCUT2D eigenvalue weighted by atomic mass is 16.4. The van der Waals surface area contributed by atoms with Gasteiger partial charge in [-0.15, -0.1) is 0 Å².